The lowest BCUT2D eigenvalue weighted by molar-refractivity contribution is 0.229. The number of hydrogen-bond acceptors (Lipinski definition) is 1. The van der Waals surface area contributed by atoms with Crippen LogP contribution in [-0.2, 0) is 0 Å². The van der Waals surface area contributed by atoms with Gasteiger partial charge < -0.3 is 10.2 Å². The van der Waals surface area contributed by atoms with E-state index in [1.807, 2.05) is 4.90 Å². The van der Waals surface area contributed by atoms with Gasteiger partial charge in [0.1, 0.15) is 0 Å². The smallest absolute Gasteiger partial charge is 0.317 e. The van der Waals surface area contributed by atoms with E-state index in [0.717, 1.165) is 26.1 Å². The molecule has 1 N–H and O–H groups in total. The van der Waals surface area contributed by atoms with Crippen LogP contribution in [0.2, 0.25) is 0 Å². The number of nitrogens with one attached hydrogen (secondary N) is 1. The van der Waals surface area contributed by atoms with Crippen molar-refractivity contribution in [2.45, 2.75) is 96.8 Å². The summed E-state index contributed by atoms with van der Waals surface area (Å²) >= 11 is 0. The van der Waals surface area contributed by atoms with Crippen LogP contribution >= 0.6 is 0 Å². The predicted octanol–water partition coefficient (Wildman–Crippen LogP) is 5.49. The van der Waals surface area contributed by atoms with Crippen LogP contribution in [0.3, 0.4) is 0 Å². The van der Waals surface area contributed by atoms with E-state index in [4.69, 9.17) is 0 Å². The van der Waals surface area contributed by atoms with Crippen LogP contribution < -0.4 is 5.32 Å². The summed E-state index contributed by atoms with van der Waals surface area (Å²) in [6.07, 6.45) is 19.3. The number of nitrogens with zero attached hydrogens (tertiary/aromatic N) is 1. The molecule has 0 unspecified atom stereocenters. The number of rotatable bonds is 15. The summed E-state index contributed by atoms with van der Waals surface area (Å²) in [5.41, 5.74) is 0. The zero-order valence-corrected chi connectivity index (χ0v) is 14.9. The fourth-order valence-corrected chi connectivity index (χ4v) is 2.88. The van der Waals surface area contributed by atoms with E-state index in [1.54, 1.807) is 0 Å². The molecule has 1 fully saturated rings. The molecule has 0 aromatic rings. The summed E-state index contributed by atoms with van der Waals surface area (Å²) in [5.74, 6) is 0. The van der Waals surface area contributed by atoms with Gasteiger partial charge in [-0.05, 0) is 6.42 Å². The van der Waals surface area contributed by atoms with Crippen molar-refractivity contribution >= 4 is 6.03 Å². The van der Waals surface area contributed by atoms with Gasteiger partial charge in [0.05, 0.1) is 0 Å². The second-order valence-electron chi connectivity index (χ2n) is 6.82. The van der Waals surface area contributed by atoms with Gasteiger partial charge in [0, 0.05) is 19.6 Å². The standard InChI is InChI=1S/C19H38N2O/c1-2-3-4-5-6-7-8-9-10-11-12-13-14-15-16-20-19(22)21-17-18-21/h2-18H2,1H3,(H,20,22). The Balaban J connectivity index is 1.65. The predicted molar refractivity (Wildman–Crippen MR) is 95.3 cm³/mol. The van der Waals surface area contributed by atoms with Crippen molar-refractivity contribution < 1.29 is 4.79 Å². The molecule has 0 saturated carbocycles. The van der Waals surface area contributed by atoms with Gasteiger partial charge in [0.25, 0.3) is 0 Å². The number of urea groups is 1. The normalized spacial score (nSPS) is 13.4. The van der Waals surface area contributed by atoms with Crippen molar-refractivity contribution in [1.29, 1.82) is 0 Å². The van der Waals surface area contributed by atoms with E-state index in [2.05, 4.69) is 12.2 Å². The third-order valence-corrected chi connectivity index (χ3v) is 4.54. The molecule has 1 heterocycles. The van der Waals surface area contributed by atoms with E-state index in [9.17, 15) is 4.79 Å². The molecule has 1 aliphatic rings. The minimum absolute atomic E-state index is 0.134. The van der Waals surface area contributed by atoms with Crippen molar-refractivity contribution in [3.63, 3.8) is 0 Å². The molecule has 0 aromatic carbocycles. The first-order valence-electron chi connectivity index (χ1n) is 9.87. The van der Waals surface area contributed by atoms with Gasteiger partial charge in [0.2, 0.25) is 0 Å². The molecule has 1 aliphatic heterocycles. The fourth-order valence-electron chi connectivity index (χ4n) is 2.88. The molecule has 0 aliphatic carbocycles. The van der Waals surface area contributed by atoms with Crippen LogP contribution in [0.5, 0.6) is 0 Å². The maximum absolute atomic E-state index is 11.4. The highest BCUT2D eigenvalue weighted by Gasteiger charge is 2.22. The van der Waals surface area contributed by atoms with Crippen LogP contribution in [0.1, 0.15) is 96.8 Å². The number of carbonyl (C=O) groups is 1. The molecule has 1 saturated heterocycles. The first kappa shape index (κ1) is 19.3. The van der Waals surface area contributed by atoms with Crippen molar-refractivity contribution in [2.24, 2.45) is 0 Å². The van der Waals surface area contributed by atoms with Gasteiger partial charge in [-0.2, -0.15) is 0 Å². The highest BCUT2D eigenvalue weighted by molar-refractivity contribution is 5.76. The van der Waals surface area contributed by atoms with Crippen LogP contribution in [-0.4, -0.2) is 30.6 Å². The summed E-state index contributed by atoms with van der Waals surface area (Å²) in [6, 6.07) is 0.134. The van der Waals surface area contributed by atoms with Crippen molar-refractivity contribution in [2.75, 3.05) is 19.6 Å². The lowest BCUT2D eigenvalue weighted by Gasteiger charge is -2.05. The van der Waals surface area contributed by atoms with Crippen LogP contribution in [0, 0.1) is 0 Å². The molecule has 22 heavy (non-hydrogen) atoms. The molecule has 0 aromatic heterocycles. The number of amides is 2. The van der Waals surface area contributed by atoms with Crippen molar-refractivity contribution in [1.82, 2.24) is 10.2 Å². The highest BCUT2D eigenvalue weighted by Crippen LogP contribution is 2.12. The van der Waals surface area contributed by atoms with E-state index in [1.165, 1.54) is 83.5 Å². The maximum Gasteiger partial charge on any atom is 0.317 e. The average molecular weight is 311 g/mol. The van der Waals surface area contributed by atoms with Crippen LogP contribution in [0.25, 0.3) is 0 Å². The molecule has 3 nitrogen and oxygen atoms in total. The molecule has 0 bridgehead atoms. The summed E-state index contributed by atoms with van der Waals surface area (Å²) in [6.45, 7) is 5.03. The van der Waals surface area contributed by atoms with E-state index >= 15 is 0 Å². The van der Waals surface area contributed by atoms with Crippen LogP contribution in [0.4, 0.5) is 4.79 Å². The van der Waals surface area contributed by atoms with Crippen molar-refractivity contribution in [3.05, 3.63) is 0 Å². The second kappa shape index (κ2) is 13.9. The molecule has 0 radical (unpaired) electrons. The quantitative estimate of drug-likeness (QED) is 0.315. The molecule has 2 amide bonds. The number of hydrogen-bond donors (Lipinski definition) is 1. The van der Waals surface area contributed by atoms with Gasteiger partial charge in [-0.15, -0.1) is 0 Å². The van der Waals surface area contributed by atoms with Crippen molar-refractivity contribution in [3.8, 4) is 0 Å². The Morgan fingerprint density at radius 1 is 0.727 bits per heavy atom. The summed E-state index contributed by atoms with van der Waals surface area (Å²) in [7, 11) is 0. The van der Waals surface area contributed by atoms with Gasteiger partial charge in [-0.1, -0.05) is 90.4 Å². The monoisotopic (exact) mass is 310 g/mol. The minimum atomic E-state index is 0.134. The Morgan fingerprint density at radius 2 is 1.14 bits per heavy atom. The second-order valence-corrected chi connectivity index (χ2v) is 6.82. The third kappa shape index (κ3) is 11.9. The fraction of sp³-hybridized carbons (Fsp3) is 0.947. The molecule has 0 spiro atoms. The lowest BCUT2D eigenvalue weighted by atomic mass is 10.0. The highest BCUT2D eigenvalue weighted by atomic mass is 16.2. The summed E-state index contributed by atoms with van der Waals surface area (Å²) < 4.78 is 0. The molecule has 1 rings (SSSR count). The first-order chi connectivity index (χ1) is 10.8. The van der Waals surface area contributed by atoms with Gasteiger partial charge in [-0.25, -0.2) is 4.79 Å². The van der Waals surface area contributed by atoms with Gasteiger partial charge in [0.15, 0.2) is 0 Å². The summed E-state index contributed by atoms with van der Waals surface area (Å²) in [4.78, 5) is 13.2. The number of carbonyl (C=O) groups excluding carboxylic acids is 1. The largest absolute Gasteiger partial charge is 0.338 e. The average Bonchev–Trinajstić information content (AvgIpc) is 3.36. The van der Waals surface area contributed by atoms with E-state index < -0.39 is 0 Å². The Kier molecular flexibility index (Phi) is 12.2. The Labute approximate surface area is 138 Å². The molecule has 0 atom stereocenters. The third-order valence-electron chi connectivity index (χ3n) is 4.54. The zero-order chi connectivity index (χ0) is 15.9. The topological polar surface area (TPSA) is 32.1 Å². The Bertz CT molecular complexity index is 264. The Morgan fingerprint density at radius 3 is 1.55 bits per heavy atom. The van der Waals surface area contributed by atoms with E-state index in [0.29, 0.717) is 0 Å². The van der Waals surface area contributed by atoms with Gasteiger partial charge in [-0.3, -0.25) is 0 Å². The first-order valence-corrected chi connectivity index (χ1v) is 9.87. The summed E-state index contributed by atoms with van der Waals surface area (Å²) in [5, 5.41) is 2.97. The minimum Gasteiger partial charge on any atom is -0.338 e. The SMILES string of the molecule is CCCCCCCCCCCCCCCCNC(=O)N1CC1. The molecular formula is C19H38N2O. The van der Waals surface area contributed by atoms with Crippen LogP contribution in [0.15, 0.2) is 0 Å². The molecule has 130 valence electrons. The zero-order valence-electron chi connectivity index (χ0n) is 14.9. The molecular weight excluding hydrogens is 272 g/mol. The van der Waals surface area contributed by atoms with Gasteiger partial charge >= 0.3 is 6.03 Å². The number of unbranched alkanes of at least 4 members (excludes halogenated alkanes) is 13. The lowest BCUT2D eigenvalue weighted by Crippen LogP contribution is -2.29. The van der Waals surface area contributed by atoms with E-state index in [-0.39, 0.29) is 6.03 Å². The molecule has 3 heteroatoms. The maximum atomic E-state index is 11.4. The Hall–Kier alpha value is -0.730.